The van der Waals surface area contributed by atoms with Crippen LogP contribution in [0.2, 0.25) is 0 Å². The molecule has 1 N–H and O–H groups in total. The number of aliphatic hydroxyl groups is 1. The first-order valence-electron chi connectivity index (χ1n) is 20.9. The van der Waals surface area contributed by atoms with Gasteiger partial charge in [-0.05, 0) is 56.7 Å². The molecule has 0 radical (unpaired) electrons. The van der Waals surface area contributed by atoms with Crippen LogP contribution in [0.4, 0.5) is 16.2 Å². The van der Waals surface area contributed by atoms with Crippen molar-refractivity contribution in [3.63, 3.8) is 0 Å². The summed E-state index contributed by atoms with van der Waals surface area (Å²) in [6.07, 6.45) is 3.53. The smallest absolute Gasteiger partial charge is 0.416 e. The number of methoxy groups -OCH3 is 1. The maximum atomic E-state index is 13.9. The third-order valence-electron chi connectivity index (χ3n) is 11.2. The van der Waals surface area contributed by atoms with E-state index in [2.05, 4.69) is 18.2 Å². The van der Waals surface area contributed by atoms with Gasteiger partial charge in [-0.15, -0.1) is 0 Å². The molecule has 0 saturated carbocycles. The number of aliphatic imine (C=N–C) groups is 1. The van der Waals surface area contributed by atoms with Gasteiger partial charge in [0.25, 0.3) is 23.6 Å². The molecule has 2 fully saturated rings. The van der Waals surface area contributed by atoms with Crippen molar-refractivity contribution in [2.45, 2.75) is 70.2 Å². The molecule has 2 aromatic carbocycles. The number of Topliss-reactive ketones (excluding diaryl/α,β-unsaturated/α-hetero) is 1. The number of anilines is 1. The van der Waals surface area contributed by atoms with Crippen LogP contribution >= 0.6 is 0 Å². The van der Waals surface area contributed by atoms with E-state index < -0.39 is 54.4 Å². The Labute approximate surface area is 368 Å². The summed E-state index contributed by atoms with van der Waals surface area (Å²) < 4.78 is 28.4. The molecule has 5 heterocycles. The highest BCUT2D eigenvalue weighted by Gasteiger charge is 2.46. The summed E-state index contributed by atoms with van der Waals surface area (Å²) in [5, 5.41) is 11.9. The first kappa shape index (κ1) is 45.2. The third kappa shape index (κ3) is 9.84. The minimum atomic E-state index is -1.55. The second-order valence-electron chi connectivity index (χ2n) is 15.9. The minimum Gasteiger partial charge on any atom is -0.493 e. The van der Waals surface area contributed by atoms with Gasteiger partial charge in [0, 0.05) is 50.0 Å². The number of fused-ring (bicyclic) bond motifs is 4. The van der Waals surface area contributed by atoms with Gasteiger partial charge in [0.05, 0.1) is 74.5 Å². The molecule has 7 rings (SSSR count). The molecule has 5 aliphatic heterocycles. The second kappa shape index (κ2) is 19.7. The summed E-state index contributed by atoms with van der Waals surface area (Å²) in [6.45, 7) is 10.1. The molecule has 5 aliphatic rings. The van der Waals surface area contributed by atoms with Gasteiger partial charge in [-0.1, -0.05) is 29.4 Å². The van der Waals surface area contributed by atoms with Crippen LogP contribution in [0.1, 0.15) is 71.2 Å². The monoisotopic (exact) mass is 883 g/mol. The fourth-order valence-electron chi connectivity index (χ4n) is 7.90. The standard InChI is InChI=1S/C45H49N5O14/c1-26-16-29-22-46-33-20-38(37(59-4)19-31(33)42(55)47(29)23-26)62-13-7-5-6-12-61-36-21-34-32(18-28(36)3)43(56)48-24-27(2)17-35(48)44(57)49(34)45(58)63-25-30(51)10-14-60-15-11-41(54)64-50-39(52)8-9-40(50)53/h8-9,18-22,29,35,44,57H,1-2,5-7,10-17,23-25H2,3-4H3/t29-,35-,44-/m0/s1. The summed E-state index contributed by atoms with van der Waals surface area (Å²) in [6, 6.07) is 5.54. The SMILES string of the molecule is C=C1C[C@H]2C=Nc3cc(OCCCCCOc4cc5c(cc4C)C(=O)N4CC(=C)C[C@H]4[C@H](O)N5C(=O)OCC(=O)CCOCCC(=O)ON4C(=O)C=CC4=O)c(OC)cc3C(=O)N2C1. The maximum Gasteiger partial charge on any atom is 0.416 e. The number of benzene rings is 2. The number of ketones is 1. The number of carbonyl (C=O) groups is 7. The number of aliphatic hydroxyl groups excluding tert-OH is 1. The highest BCUT2D eigenvalue weighted by atomic mass is 16.7. The molecule has 19 heteroatoms. The van der Waals surface area contributed by atoms with Crippen molar-refractivity contribution in [3.8, 4) is 17.2 Å². The molecule has 0 spiro atoms. The van der Waals surface area contributed by atoms with Crippen molar-refractivity contribution >= 4 is 59.1 Å². The number of hydrogen-bond donors (Lipinski definition) is 1. The Morgan fingerprint density at radius 2 is 1.47 bits per heavy atom. The van der Waals surface area contributed by atoms with Gasteiger partial charge in [0.1, 0.15) is 5.75 Å². The number of hydroxylamine groups is 2. The Bertz CT molecular complexity index is 2320. The van der Waals surface area contributed by atoms with Crippen LogP contribution in [0.3, 0.4) is 0 Å². The van der Waals surface area contributed by atoms with E-state index >= 15 is 0 Å². The van der Waals surface area contributed by atoms with Crippen molar-refractivity contribution in [2.24, 2.45) is 4.99 Å². The molecule has 0 bridgehead atoms. The van der Waals surface area contributed by atoms with Crippen molar-refractivity contribution < 1.29 is 67.2 Å². The summed E-state index contributed by atoms with van der Waals surface area (Å²) in [4.78, 5) is 102. The normalized spacial score (nSPS) is 19.9. The summed E-state index contributed by atoms with van der Waals surface area (Å²) in [5.74, 6) is -2.25. The number of rotatable bonds is 18. The lowest BCUT2D eigenvalue weighted by Gasteiger charge is -2.31. The van der Waals surface area contributed by atoms with Gasteiger partial charge in [0.15, 0.2) is 30.1 Å². The zero-order valence-electron chi connectivity index (χ0n) is 35.6. The van der Waals surface area contributed by atoms with E-state index in [9.17, 15) is 38.7 Å². The van der Waals surface area contributed by atoms with Gasteiger partial charge >= 0.3 is 12.1 Å². The van der Waals surface area contributed by atoms with Gasteiger partial charge in [-0.2, -0.15) is 0 Å². The third-order valence-corrected chi connectivity index (χ3v) is 11.2. The summed E-state index contributed by atoms with van der Waals surface area (Å²) in [7, 11) is 1.52. The fourth-order valence-corrected chi connectivity index (χ4v) is 7.90. The van der Waals surface area contributed by atoms with Crippen LogP contribution in [0.25, 0.3) is 0 Å². The molecule has 0 unspecified atom stereocenters. The van der Waals surface area contributed by atoms with Gasteiger partial charge < -0.3 is 43.4 Å². The predicted molar refractivity (Wildman–Crippen MR) is 226 cm³/mol. The van der Waals surface area contributed by atoms with E-state index in [1.54, 1.807) is 36.2 Å². The van der Waals surface area contributed by atoms with Crippen molar-refractivity contribution in [1.29, 1.82) is 0 Å². The van der Waals surface area contributed by atoms with Gasteiger partial charge in [-0.25, -0.2) is 14.5 Å². The topological polar surface area (TPSA) is 220 Å². The quantitative estimate of drug-likeness (QED) is 0.128. The Morgan fingerprint density at radius 1 is 0.797 bits per heavy atom. The number of unbranched alkanes of at least 4 members (excludes halogenated alkanes) is 2. The molecular formula is C45H49N5O14. The molecule has 19 nitrogen and oxygen atoms in total. The highest BCUT2D eigenvalue weighted by molar-refractivity contribution is 6.12. The van der Waals surface area contributed by atoms with E-state index in [0.29, 0.717) is 77.1 Å². The number of amides is 5. The zero-order chi connectivity index (χ0) is 45.7. The average molecular weight is 884 g/mol. The Morgan fingerprint density at radius 3 is 2.20 bits per heavy atom. The first-order valence-corrected chi connectivity index (χ1v) is 20.9. The molecule has 0 aliphatic carbocycles. The lowest BCUT2D eigenvalue weighted by Crippen LogP contribution is -2.51. The molecular weight excluding hydrogens is 835 g/mol. The van der Waals surface area contributed by atoms with Crippen molar-refractivity contribution in [1.82, 2.24) is 14.9 Å². The summed E-state index contributed by atoms with van der Waals surface area (Å²) >= 11 is 0. The number of aryl methyl sites for hydroxylation is 1. The van der Waals surface area contributed by atoms with Crippen LogP contribution < -0.4 is 19.1 Å². The van der Waals surface area contributed by atoms with Gasteiger partial charge in [0.2, 0.25) is 0 Å². The second-order valence-corrected chi connectivity index (χ2v) is 15.9. The highest BCUT2D eigenvalue weighted by Crippen LogP contribution is 2.41. The summed E-state index contributed by atoms with van der Waals surface area (Å²) in [5.41, 5.74) is 3.45. The van der Waals surface area contributed by atoms with Crippen LogP contribution in [0.15, 0.2) is 65.7 Å². The lowest BCUT2D eigenvalue weighted by atomic mass is 10.1. The molecule has 5 amide bonds. The average Bonchev–Trinajstić information content (AvgIpc) is 3.92. The van der Waals surface area contributed by atoms with E-state index in [4.69, 9.17) is 28.5 Å². The number of imide groups is 1. The minimum absolute atomic E-state index is 0.0545. The largest absolute Gasteiger partial charge is 0.493 e. The van der Waals surface area contributed by atoms with E-state index in [-0.39, 0.29) is 68.8 Å². The Kier molecular flexibility index (Phi) is 13.9. The Balaban J connectivity index is 0.911. The molecule has 3 atom stereocenters. The zero-order valence-corrected chi connectivity index (χ0v) is 35.6. The fraction of sp³-hybridized carbons (Fsp3) is 0.422. The van der Waals surface area contributed by atoms with E-state index in [0.717, 1.165) is 29.0 Å². The number of hydrogen-bond acceptors (Lipinski definition) is 15. The van der Waals surface area contributed by atoms with Crippen LogP contribution in [0.5, 0.6) is 17.2 Å². The van der Waals surface area contributed by atoms with E-state index in [1.807, 2.05) is 0 Å². The molecule has 338 valence electrons. The number of ether oxygens (including phenoxy) is 5. The predicted octanol–water partition coefficient (Wildman–Crippen LogP) is 3.91. The van der Waals surface area contributed by atoms with Crippen LogP contribution in [-0.2, 0) is 33.5 Å². The Hall–Kier alpha value is -6.86. The first-order chi connectivity index (χ1) is 30.7. The maximum absolute atomic E-state index is 13.9. The van der Waals surface area contributed by atoms with Crippen molar-refractivity contribution in [3.05, 3.63) is 77.4 Å². The molecule has 2 saturated heterocycles. The van der Waals surface area contributed by atoms with Crippen LogP contribution in [0, 0.1) is 6.92 Å². The number of carbonyl (C=O) groups excluding carboxylic acids is 7. The molecule has 0 aromatic heterocycles. The van der Waals surface area contributed by atoms with E-state index in [1.165, 1.54) is 18.1 Å². The number of nitrogens with zero attached hydrogens (tertiary/aromatic N) is 5. The molecule has 2 aromatic rings. The lowest BCUT2D eigenvalue weighted by molar-refractivity contribution is -0.196. The van der Waals surface area contributed by atoms with Crippen LogP contribution in [-0.4, -0.2) is 139 Å². The van der Waals surface area contributed by atoms with Crippen molar-refractivity contribution in [2.75, 3.05) is 58.1 Å². The molecule has 64 heavy (non-hydrogen) atoms. The van der Waals surface area contributed by atoms with Gasteiger partial charge in [-0.3, -0.25) is 29.0 Å².